The summed E-state index contributed by atoms with van der Waals surface area (Å²) in [5, 5.41) is 0. The Morgan fingerprint density at radius 1 is 1.48 bits per heavy atom. The number of carbonyl (C=O) groups is 1. The lowest BCUT2D eigenvalue weighted by Gasteiger charge is -2.17. The summed E-state index contributed by atoms with van der Waals surface area (Å²) >= 11 is 4.87. The van der Waals surface area contributed by atoms with Gasteiger partial charge in [-0.25, -0.2) is 9.52 Å². The van der Waals surface area contributed by atoms with Crippen molar-refractivity contribution in [1.82, 2.24) is 9.03 Å². The van der Waals surface area contributed by atoms with Crippen molar-refractivity contribution >= 4 is 33.5 Å². The first kappa shape index (κ1) is 17.3. The van der Waals surface area contributed by atoms with Crippen molar-refractivity contribution in [1.29, 1.82) is 0 Å². The summed E-state index contributed by atoms with van der Waals surface area (Å²) in [7, 11) is -2.63. The van der Waals surface area contributed by atoms with Gasteiger partial charge >= 0.3 is 16.3 Å². The fourth-order valence-electron chi connectivity index (χ4n) is 1.51. The lowest BCUT2D eigenvalue weighted by Crippen LogP contribution is -2.41. The molecule has 0 saturated carbocycles. The number of nitrogens with zero attached hydrogens (tertiary/aromatic N) is 1. The first-order valence-corrected chi connectivity index (χ1v) is 7.90. The molecule has 0 heterocycles. The molecule has 1 rings (SSSR count). The van der Waals surface area contributed by atoms with Crippen LogP contribution in [0.1, 0.15) is 18.1 Å². The third-order valence-electron chi connectivity index (χ3n) is 2.51. The van der Waals surface area contributed by atoms with Gasteiger partial charge in [0, 0.05) is 19.2 Å². The highest BCUT2D eigenvalue weighted by molar-refractivity contribution is 7.87. The normalized spacial score (nSPS) is 11.2. The maximum absolute atomic E-state index is 11.9. The number of nitrogens with two attached hydrogens (primary N) is 1. The molecule has 3 N–H and O–H groups in total. The van der Waals surface area contributed by atoms with Crippen LogP contribution in [-0.4, -0.2) is 37.5 Å². The van der Waals surface area contributed by atoms with Gasteiger partial charge in [0.15, 0.2) is 0 Å². The molecule has 0 aliphatic heterocycles. The molecule has 0 aliphatic carbocycles. The van der Waals surface area contributed by atoms with Crippen molar-refractivity contribution in [2.45, 2.75) is 13.5 Å². The first-order chi connectivity index (χ1) is 9.76. The lowest BCUT2D eigenvalue weighted by atomic mass is 10.1. The summed E-state index contributed by atoms with van der Waals surface area (Å²) in [6, 6.07) is 6.89. The number of thiocarbonyl (C=S) groups is 1. The van der Waals surface area contributed by atoms with Gasteiger partial charge in [-0.3, -0.25) is 0 Å². The molecule has 7 nitrogen and oxygen atoms in total. The maximum Gasteiger partial charge on any atom is 0.421 e. The molecule has 9 heteroatoms. The zero-order valence-electron chi connectivity index (χ0n) is 11.7. The molecule has 1 amide bonds. The minimum absolute atomic E-state index is 0.0607. The second-order valence-corrected chi connectivity index (χ2v) is 6.37. The molecule has 0 saturated heterocycles. The largest absolute Gasteiger partial charge is 0.449 e. The van der Waals surface area contributed by atoms with Crippen molar-refractivity contribution in [2.24, 2.45) is 5.73 Å². The number of benzene rings is 1. The van der Waals surface area contributed by atoms with Crippen molar-refractivity contribution in [3.63, 3.8) is 0 Å². The van der Waals surface area contributed by atoms with Crippen LogP contribution in [0, 0.1) is 0 Å². The van der Waals surface area contributed by atoms with E-state index in [2.05, 4.69) is 4.74 Å². The fraction of sp³-hybridized carbons (Fsp3) is 0.333. The molecule has 0 radical (unpaired) electrons. The van der Waals surface area contributed by atoms with Gasteiger partial charge in [0.05, 0.1) is 6.61 Å². The van der Waals surface area contributed by atoms with E-state index < -0.39 is 16.3 Å². The van der Waals surface area contributed by atoms with E-state index in [0.717, 1.165) is 4.31 Å². The minimum atomic E-state index is -3.97. The summed E-state index contributed by atoms with van der Waals surface area (Å²) in [6.45, 7) is 1.73. The molecule has 1 aromatic rings. The molecule has 116 valence electrons. The van der Waals surface area contributed by atoms with Crippen LogP contribution in [0.25, 0.3) is 0 Å². The van der Waals surface area contributed by atoms with Crippen LogP contribution in [0.2, 0.25) is 0 Å². The van der Waals surface area contributed by atoms with Crippen molar-refractivity contribution in [3.8, 4) is 0 Å². The standard InChI is InChI=1S/C12H17N3O4S2/c1-3-19-12(16)14-21(17,18)15(2)8-9-5-4-6-10(7-9)11(13)20/h4-7H,3,8H2,1-2H3,(H2,13,20)(H,14,16). The Labute approximate surface area is 129 Å². The summed E-state index contributed by atoms with van der Waals surface area (Å²) in [5.74, 6) is 0. The Kier molecular flexibility index (Phi) is 6.06. The van der Waals surface area contributed by atoms with Crippen LogP contribution in [0.4, 0.5) is 4.79 Å². The van der Waals surface area contributed by atoms with E-state index in [4.69, 9.17) is 18.0 Å². The van der Waals surface area contributed by atoms with Crippen LogP contribution in [0.15, 0.2) is 24.3 Å². The molecule has 0 aromatic heterocycles. The molecule has 0 spiro atoms. The van der Waals surface area contributed by atoms with Gasteiger partial charge in [0.2, 0.25) is 0 Å². The molecular formula is C12H17N3O4S2. The molecule has 0 fully saturated rings. The van der Waals surface area contributed by atoms with E-state index in [0.29, 0.717) is 11.1 Å². The third kappa shape index (κ3) is 5.29. The van der Waals surface area contributed by atoms with Crippen LogP contribution in [0.5, 0.6) is 0 Å². The Bertz CT molecular complexity index is 631. The number of carbonyl (C=O) groups excluding carboxylic acids is 1. The average Bonchev–Trinajstić information content (AvgIpc) is 2.38. The van der Waals surface area contributed by atoms with E-state index in [-0.39, 0.29) is 18.1 Å². The Hall–Kier alpha value is -1.71. The van der Waals surface area contributed by atoms with Crippen molar-refractivity contribution in [3.05, 3.63) is 35.4 Å². The molecule has 0 aliphatic rings. The second kappa shape index (κ2) is 7.34. The van der Waals surface area contributed by atoms with E-state index in [9.17, 15) is 13.2 Å². The minimum Gasteiger partial charge on any atom is -0.449 e. The van der Waals surface area contributed by atoms with E-state index in [1.165, 1.54) is 7.05 Å². The van der Waals surface area contributed by atoms with Crippen LogP contribution in [-0.2, 0) is 21.5 Å². The number of rotatable bonds is 6. The van der Waals surface area contributed by atoms with Crippen molar-refractivity contribution in [2.75, 3.05) is 13.7 Å². The van der Waals surface area contributed by atoms with Gasteiger partial charge in [-0.1, -0.05) is 30.4 Å². The topological polar surface area (TPSA) is 102 Å². The number of amides is 1. The van der Waals surface area contributed by atoms with E-state index in [1.807, 2.05) is 0 Å². The van der Waals surface area contributed by atoms with Gasteiger partial charge in [-0.05, 0) is 18.6 Å². The van der Waals surface area contributed by atoms with Crippen LogP contribution in [0.3, 0.4) is 0 Å². The lowest BCUT2D eigenvalue weighted by molar-refractivity contribution is 0.158. The van der Waals surface area contributed by atoms with E-state index >= 15 is 0 Å². The SMILES string of the molecule is CCOC(=O)NS(=O)(=O)N(C)Cc1cccc(C(N)=S)c1. The van der Waals surface area contributed by atoms with Crippen molar-refractivity contribution < 1.29 is 17.9 Å². The summed E-state index contributed by atoms with van der Waals surface area (Å²) in [4.78, 5) is 11.4. The summed E-state index contributed by atoms with van der Waals surface area (Å²) in [6.07, 6.45) is -1.01. The highest BCUT2D eigenvalue weighted by Crippen LogP contribution is 2.09. The Morgan fingerprint density at radius 3 is 2.71 bits per heavy atom. The van der Waals surface area contributed by atoms with Gasteiger partial charge in [0.25, 0.3) is 0 Å². The zero-order chi connectivity index (χ0) is 16.0. The number of nitrogens with one attached hydrogen (secondary N) is 1. The van der Waals surface area contributed by atoms with Gasteiger partial charge in [0.1, 0.15) is 4.99 Å². The molecular weight excluding hydrogens is 314 g/mol. The first-order valence-electron chi connectivity index (χ1n) is 6.06. The Balaban J connectivity index is 2.80. The number of hydrogen-bond donors (Lipinski definition) is 2. The quantitative estimate of drug-likeness (QED) is 0.746. The summed E-state index contributed by atoms with van der Waals surface area (Å²) < 4.78 is 31.1. The molecule has 0 atom stereocenters. The third-order valence-corrected chi connectivity index (χ3v) is 4.12. The summed E-state index contributed by atoms with van der Waals surface area (Å²) in [5.41, 5.74) is 6.86. The molecule has 0 unspecified atom stereocenters. The Morgan fingerprint density at radius 2 is 2.14 bits per heavy atom. The number of ether oxygens (including phenoxy) is 1. The maximum atomic E-state index is 11.9. The molecule has 21 heavy (non-hydrogen) atoms. The van der Waals surface area contributed by atoms with Gasteiger partial charge in [-0.15, -0.1) is 0 Å². The highest BCUT2D eigenvalue weighted by atomic mass is 32.2. The average molecular weight is 331 g/mol. The molecule has 0 bridgehead atoms. The van der Waals surface area contributed by atoms with Crippen LogP contribution < -0.4 is 10.5 Å². The smallest absolute Gasteiger partial charge is 0.421 e. The zero-order valence-corrected chi connectivity index (χ0v) is 13.3. The molecule has 1 aromatic carbocycles. The highest BCUT2D eigenvalue weighted by Gasteiger charge is 2.21. The second-order valence-electron chi connectivity index (χ2n) is 4.15. The number of hydrogen-bond acceptors (Lipinski definition) is 5. The van der Waals surface area contributed by atoms with Crippen LogP contribution >= 0.6 is 12.2 Å². The van der Waals surface area contributed by atoms with Gasteiger partial charge < -0.3 is 10.5 Å². The predicted molar refractivity (Wildman–Crippen MR) is 82.9 cm³/mol. The van der Waals surface area contributed by atoms with E-state index in [1.54, 1.807) is 35.9 Å². The monoisotopic (exact) mass is 331 g/mol. The fourth-order valence-corrected chi connectivity index (χ4v) is 2.38. The predicted octanol–water partition coefficient (Wildman–Crippen LogP) is 0.743. The van der Waals surface area contributed by atoms with Gasteiger partial charge in [-0.2, -0.15) is 12.7 Å².